The molecule has 1 atom stereocenters. The Labute approximate surface area is 88.7 Å². The Bertz CT molecular complexity index is 385. The van der Waals surface area contributed by atoms with Crippen LogP contribution in [0.15, 0.2) is 12.1 Å². The van der Waals surface area contributed by atoms with Crippen LogP contribution in [-0.4, -0.2) is 17.5 Å². The molecule has 15 heavy (non-hydrogen) atoms. The van der Waals surface area contributed by atoms with Crippen molar-refractivity contribution >= 4 is 6.29 Å². The van der Waals surface area contributed by atoms with Gasteiger partial charge in [-0.15, -0.1) is 0 Å². The van der Waals surface area contributed by atoms with E-state index in [-0.39, 0.29) is 11.9 Å². The number of phenolic OH excluding ortho intramolecular Hbond substituents is 1. The van der Waals surface area contributed by atoms with Crippen LogP contribution in [-0.2, 0) is 17.6 Å². The van der Waals surface area contributed by atoms with Crippen LogP contribution in [0.3, 0.4) is 0 Å². The predicted molar refractivity (Wildman–Crippen MR) is 56.3 cm³/mol. The number of carbonyl (C=O) groups excluding carboxylic acids is 1. The quantitative estimate of drug-likeness (QED) is 0.751. The monoisotopic (exact) mass is 206 g/mol. The number of aldehydes is 1. The summed E-state index contributed by atoms with van der Waals surface area (Å²) < 4.78 is 5.43. The number of fused-ring (bicyclic) bond motifs is 1. The predicted octanol–water partition coefficient (Wildman–Crippen LogP) is 1.85. The third-order valence-corrected chi connectivity index (χ3v) is 2.77. The Balaban J connectivity index is 2.36. The lowest BCUT2D eigenvalue weighted by Gasteiger charge is -2.23. The zero-order valence-corrected chi connectivity index (χ0v) is 8.69. The Kier molecular flexibility index (Phi) is 2.62. The number of carbonyl (C=O) groups is 1. The number of hydrogen-bond acceptors (Lipinski definition) is 3. The first-order chi connectivity index (χ1) is 7.24. The van der Waals surface area contributed by atoms with Crippen molar-refractivity contribution in [3.05, 3.63) is 23.3 Å². The van der Waals surface area contributed by atoms with Gasteiger partial charge in [-0.1, -0.05) is 6.92 Å². The summed E-state index contributed by atoms with van der Waals surface area (Å²) in [7, 11) is 0. The van der Waals surface area contributed by atoms with Crippen molar-refractivity contribution in [1.29, 1.82) is 0 Å². The molecule has 0 radical (unpaired) electrons. The lowest BCUT2D eigenvalue weighted by atomic mass is 9.99. The van der Waals surface area contributed by atoms with E-state index in [1.54, 1.807) is 6.07 Å². The molecule has 3 nitrogen and oxygen atoms in total. The molecule has 1 N–H and O–H groups in total. The van der Waals surface area contributed by atoms with E-state index in [2.05, 4.69) is 0 Å². The second-order valence-electron chi connectivity index (χ2n) is 3.77. The summed E-state index contributed by atoms with van der Waals surface area (Å²) in [6, 6.07) is 3.58. The third kappa shape index (κ3) is 1.82. The molecule has 1 unspecified atom stereocenters. The largest absolute Gasteiger partial charge is 0.508 e. The van der Waals surface area contributed by atoms with Gasteiger partial charge in [0, 0.05) is 6.07 Å². The van der Waals surface area contributed by atoms with Crippen LogP contribution in [0.1, 0.15) is 24.5 Å². The van der Waals surface area contributed by atoms with Crippen molar-refractivity contribution in [2.75, 3.05) is 0 Å². The number of rotatable bonds is 2. The number of ether oxygens (including phenoxy) is 1. The van der Waals surface area contributed by atoms with Crippen molar-refractivity contribution in [3.8, 4) is 11.5 Å². The van der Waals surface area contributed by atoms with Gasteiger partial charge in [-0.25, -0.2) is 0 Å². The van der Waals surface area contributed by atoms with Crippen molar-refractivity contribution in [2.24, 2.45) is 0 Å². The van der Waals surface area contributed by atoms with Crippen LogP contribution in [0.5, 0.6) is 11.5 Å². The fourth-order valence-electron chi connectivity index (χ4n) is 1.87. The summed E-state index contributed by atoms with van der Waals surface area (Å²) in [6.45, 7) is 2.00. The van der Waals surface area contributed by atoms with E-state index in [1.165, 1.54) is 0 Å². The molecule has 1 aromatic rings. The highest BCUT2D eigenvalue weighted by Gasteiger charge is 2.20. The second-order valence-corrected chi connectivity index (χ2v) is 3.77. The smallest absolute Gasteiger partial charge is 0.160 e. The van der Waals surface area contributed by atoms with Crippen molar-refractivity contribution in [3.63, 3.8) is 0 Å². The highest BCUT2D eigenvalue weighted by molar-refractivity contribution is 5.59. The van der Waals surface area contributed by atoms with E-state index < -0.39 is 0 Å². The topological polar surface area (TPSA) is 46.5 Å². The van der Waals surface area contributed by atoms with E-state index in [0.29, 0.717) is 5.75 Å². The number of aromatic hydroxyl groups is 1. The van der Waals surface area contributed by atoms with Gasteiger partial charge < -0.3 is 9.84 Å². The molecule has 1 aliphatic heterocycles. The molecule has 0 saturated heterocycles. The van der Waals surface area contributed by atoms with Gasteiger partial charge in [-0.05, 0) is 36.5 Å². The van der Waals surface area contributed by atoms with Crippen LogP contribution in [0, 0.1) is 0 Å². The summed E-state index contributed by atoms with van der Waals surface area (Å²) >= 11 is 0. The zero-order chi connectivity index (χ0) is 10.8. The van der Waals surface area contributed by atoms with Gasteiger partial charge in [0.15, 0.2) is 12.4 Å². The first kappa shape index (κ1) is 10.0. The van der Waals surface area contributed by atoms with E-state index in [1.807, 2.05) is 13.0 Å². The molecule has 1 heterocycles. The van der Waals surface area contributed by atoms with Crippen LogP contribution in [0.25, 0.3) is 0 Å². The van der Waals surface area contributed by atoms with Gasteiger partial charge in [-0.3, -0.25) is 4.79 Å². The van der Waals surface area contributed by atoms with E-state index >= 15 is 0 Å². The molecule has 0 bridgehead atoms. The number of benzene rings is 1. The van der Waals surface area contributed by atoms with Crippen molar-refractivity contribution < 1.29 is 14.6 Å². The molecule has 0 aliphatic carbocycles. The van der Waals surface area contributed by atoms with Gasteiger partial charge in [0.05, 0.1) is 0 Å². The van der Waals surface area contributed by atoms with Crippen LogP contribution in [0.2, 0.25) is 0 Å². The minimum Gasteiger partial charge on any atom is -0.508 e. The number of phenols is 1. The van der Waals surface area contributed by atoms with Gasteiger partial charge in [-0.2, -0.15) is 0 Å². The van der Waals surface area contributed by atoms with Gasteiger partial charge in [0.25, 0.3) is 0 Å². The fourth-order valence-corrected chi connectivity index (χ4v) is 1.87. The Morgan fingerprint density at radius 1 is 1.60 bits per heavy atom. The maximum Gasteiger partial charge on any atom is 0.160 e. The average Bonchev–Trinajstić information content (AvgIpc) is 2.27. The highest BCUT2D eigenvalue weighted by atomic mass is 16.5. The minimum atomic E-state index is -0.357. The summed E-state index contributed by atoms with van der Waals surface area (Å²) in [4.78, 5) is 10.6. The molecule has 0 amide bonds. The normalized spacial score (nSPS) is 19.1. The highest BCUT2D eigenvalue weighted by Crippen LogP contribution is 2.33. The molecular formula is C12H14O3. The molecule has 0 saturated carbocycles. The average molecular weight is 206 g/mol. The summed E-state index contributed by atoms with van der Waals surface area (Å²) in [5.74, 6) is 0.899. The SMILES string of the molecule is CCc1cc2c(cc1O)OC(C=O)CC2. The molecule has 80 valence electrons. The maximum atomic E-state index is 10.6. The van der Waals surface area contributed by atoms with Gasteiger partial charge in [0.2, 0.25) is 0 Å². The molecule has 0 fully saturated rings. The van der Waals surface area contributed by atoms with Crippen LogP contribution < -0.4 is 4.74 Å². The Morgan fingerprint density at radius 2 is 2.40 bits per heavy atom. The van der Waals surface area contributed by atoms with E-state index in [0.717, 1.165) is 36.7 Å². The van der Waals surface area contributed by atoms with Crippen LogP contribution in [0.4, 0.5) is 0 Å². The molecule has 1 aliphatic rings. The van der Waals surface area contributed by atoms with Crippen molar-refractivity contribution in [1.82, 2.24) is 0 Å². The lowest BCUT2D eigenvalue weighted by molar-refractivity contribution is -0.114. The summed E-state index contributed by atoms with van der Waals surface area (Å²) in [5.41, 5.74) is 2.02. The molecule has 1 aromatic carbocycles. The second kappa shape index (κ2) is 3.93. The van der Waals surface area contributed by atoms with E-state index in [9.17, 15) is 9.90 Å². The maximum absolute atomic E-state index is 10.6. The summed E-state index contributed by atoms with van der Waals surface area (Å²) in [5, 5.41) is 9.66. The van der Waals surface area contributed by atoms with Gasteiger partial charge in [0.1, 0.15) is 11.5 Å². The standard InChI is InChI=1S/C12H14O3/c1-2-8-5-9-3-4-10(7-13)15-12(9)6-11(8)14/h5-7,10,14H,2-4H2,1H3. The Morgan fingerprint density at radius 3 is 3.07 bits per heavy atom. The number of aryl methyl sites for hydroxylation is 2. The van der Waals surface area contributed by atoms with Crippen LogP contribution >= 0.6 is 0 Å². The molecular weight excluding hydrogens is 192 g/mol. The Hall–Kier alpha value is -1.51. The van der Waals surface area contributed by atoms with Crippen molar-refractivity contribution in [2.45, 2.75) is 32.3 Å². The summed E-state index contributed by atoms with van der Waals surface area (Å²) in [6.07, 6.45) is 2.82. The molecule has 0 spiro atoms. The lowest BCUT2D eigenvalue weighted by Crippen LogP contribution is -2.23. The molecule has 3 heteroatoms. The molecule has 2 rings (SSSR count). The molecule has 0 aromatic heterocycles. The first-order valence-corrected chi connectivity index (χ1v) is 5.21. The fraction of sp³-hybridized carbons (Fsp3) is 0.417. The van der Waals surface area contributed by atoms with Gasteiger partial charge >= 0.3 is 0 Å². The minimum absolute atomic E-state index is 0.253. The number of hydrogen-bond donors (Lipinski definition) is 1. The van der Waals surface area contributed by atoms with E-state index in [4.69, 9.17) is 4.74 Å². The first-order valence-electron chi connectivity index (χ1n) is 5.21. The zero-order valence-electron chi connectivity index (χ0n) is 8.69. The third-order valence-electron chi connectivity index (χ3n) is 2.77.